The van der Waals surface area contributed by atoms with Gasteiger partial charge in [-0.25, -0.2) is 4.79 Å². The Bertz CT molecular complexity index is 677. The third kappa shape index (κ3) is 2.35. The highest BCUT2D eigenvalue weighted by Crippen LogP contribution is 2.49. The summed E-state index contributed by atoms with van der Waals surface area (Å²) in [5, 5.41) is 24.0. The molecule has 1 aromatic rings. The summed E-state index contributed by atoms with van der Waals surface area (Å²) >= 11 is 0. The van der Waals surface area contributed by atoms with Gasteiger partial charge < -0.3 is 25.3 Å². The van der Waals surface area contributed by atoms with Crippen molar-refractivity contribution >= 4 is 11.9 Å². The molecule has 1 unspecified atom stereocenters. The second kappa shape index (κ2) is 5.75. The van der Waals surface area contributed by atoms with Gasteiger partial charge in [-0.15, -0.1) is 0 Å². The molecule has 2 fully saturated rings. The molecule has 0 aromatic carbocycles. The number of rotatable bonds is 3. The van der Waals surface area contributed by atoms with Crippen molar-refractivity contribution in [3.05, 3.63) is 35.7 Å². The molecule has 1 saturated carbocycles. The lowest BCUT2D eigenvalue weighted by Crippen LogP contribution is -2.51. The minimum atomic E-state index is -1.48. The Labute approximate surface area is 139 Å². The summed E-state index contributed by atoms with van der Waals surface area (Å²) in [5.74, 6) is -1.92. The van der Waals surface area contributed by atoms with E-state index in [2.05, 4.69) is 10.3 Å². The molecule has 7 nitrogen and oxygen atoms in total. The van der Waals surface area contributed by atoms with Crippen LogP contribution in [-0.4, -0.2) is 50.9 Å². The summed E-state index contributed by atoms with van der Waals surface area (Å²) in [6.45, 7) is 4.85. The van der Waals surface area contributed by atoms with Crippen LogP contribution in [0, 0.1) is 11.8 Å². The van der Waals surface area contributed by atoms with Crippen LogP contribution in [0.3, 0.4) is 0 Å². The van der Waals surface area contributed by atoms with E-state index in [4.69, 9.17) is 4.74 Å². The Balaban J connectivity index is 1.96. The van der Waals surface area contributed by atoms with Crippen LogP contribution in [0.4, 0.5) is 0 Å². The standard InChI is InChI=1S/C17H22N2O5/c1-4-9-11-12(8(2)20)17(3,23)14(13(11)19-15(9)21)24-16(22)10-6-5-7-18-10/h4-8,11-14,18,20,23H,1-3H3,(H,19,21)/b9-4+/t8?,11-,12+,13+,14+,17-/m1/s1. The third-order valence-electron chi connectivity index (χ3n) is 5.15. The monoisotopic (exact) mass is 334 g/mol. The topological polar surface area (TPSA) is 112 Å². The number of carbonyl (C=O) groups is 2. The smallest absolute Gasteiger partial charge is 0.355 e. The van der Waals surface area contributed by atoms with E-state index in [0.29, 0.717) is 5.57 Å². The zero-order chi connectivity index (χ0) is 17.6. The first-order valence-corrected chi connectivity index (χ1v) is 8.01. The first kappa shape index (κ1) is 16.7. The molecule has 1 aliphatic heterocycles. The highest BCUT2D eigenvalue weighted by Gasteiger charge is 2.65. The van der Waals surface area contributed by atoms with Crippen LogP contribution in [0.5, 0.6) is 0 Å². The van der Waals surface area contributed by atoms with Gasteiger partial charge in [-0.2, -0.15) is 0 Å². The van der Waals surface area contributed by atoms with Gasteiger partial charge in [0.25, 0.3) is 0 Å². The number of aromatic nitrogens is 1. The van der Waals surface area contributed by atoms with Crippen LogP contribution < -0.4 is 5.32 Å². The fourth-order valence-corrected chi connectivity index (χ4v) is 4.21. The Morgan fingerprint density at radius 3 is 2.75 bits per heavy atom. The number of fused-ring (bicyclic) bond motifs is 1. The Hall–Kier alpha value is -2.12. The third-order valence-corrected chi connectivity index (χ3v) is 5.15. The molecule has 1 aliphatic carbocycles. The van der Waals surface area contributed by atoms with Crippen LogP contribution in [-0.2, 0) is 9.53 Å². The lowest BCUT2D eigenvalue weighted by molar-refractivity contribution is -0.122. The molecule has 130 valence electrons. The summed E-state index contributed by atoms with van der Waals surface area (Å²) in [6, 6.07) is 2.66. The van der Waals surface area contributed by atoms with Crippen molar-refractivity contribution in [2.24, 2.45) is 11.8 Å². The van der Waals surface area contributed by atoms with Gasteiger partial charge in [0.05, 0.1) is 12.1 Å². The van der Waals surface area contributed by atoms with Gasteiger partial charge in [0.1, 0.15) is 11.3 Å². The summed E-state index contributed by atoms with van der Waals surface area (Å²) in [6.07, 6.45) is 1.45. The van der Waals surface area contributed by atoms with Crippen LogP contribution in [0.15, 0.2) is 30.0 Å². The van der Waals surface area contributed by atoms with E-state index < -0.39 is 41.7 Å². The van der Waals surface area contributed by atoms with Gasteiger partial charge in [0, 0.05) is 23.6 Å². The second-order valence-corrected chi connectivity index (χ2v) is 6.67. The lowest BCUT2D eigenvalue weighted by atomic mass is 9.79. The summed E-state index contributed by atoms with van der Waals surface area (Å²) < 4.78 is 5.53. The first-order chi connectivity index (χ1) is 11.3. The minimum absolute atomic E-state index is 0.255. The lowest BCUT2D eigenvalue weighted by Gasteiger charge is -2.34. The number of aliphatic hydroxyl groups excluding tert-OH is 1. The Morgan fingerprint density at radius 2 is 2.21 bits per heavy atom. The van der Waals surface area contributed by atoms with E-state index in [0.717, 1.165) is 0 Å². The van der Waals surface area contributed by atoms with Crippen molar-refractivity contribution in [2.45, 2.75) is 44.6 Å². The van der Waals surface area contributed by atoms with E-state index in [-0.39, 0.29) is 11.6 Å². The number of aromatic amines is 1. The van der Waals surface area contributed by atoms with Gasteiger partial charge in [-0.3, -0.25) is 4.79 Å². The number of hydrogen-bond donors (Lipinski definition) is 4. The maximum absolute atomic E-state index is 12.3. The second-order valence-electron chi connectivity index (χ2n) is 6.67. The molecule has 6 atom stereocenters. The average Bonchev–Trinajstić information content (AvgIpc) is 3.16. The number of amides is 1. The molecular formula is C17H22N2O5. The normalized spacial score (nSPS) is 38.0. The predicted octanol–water partition coefficient (Wildman–Crippen LogP) is 0.363. The minimum Gasteiger partial charge on any atom is -0.452 e. The molecule has 2 aliphatic rings. The summed E-state index contributed by atoms with van der Waals surface area (Å²) in [7, 11) is 0. The Morgan fingerprint density at radius 1 is 1.50 bits per heavy atom. The molecule has 1 aromatic heterocycles. The van der Waals surface area contributed by atoms with Gasteiger partial charge in [0.2, 0.25) is 5.91 Å². The number of nitrogens with one attached hydrogen (secondary N) is 2. The van der Waals surface area contributed by atoms with E-state index in [1.54, 1.807) is 38.3 Å². The van der Waals surface area contributed by atoms with Crippen molar-refractivity contribution in [1.82, 2.24) is 10.3 Å². The van der Waals surface area contributed by atoms with Crippen molar-refractivity contribution < 1.29 is 24.5 Å². The molecule has 2 heterocycles. The highest BCUT2D eigenvalue weighted by atomic mass is 16.6. The van der Waals surface area contributed by atoms with Crippen LogP contribution in [0.2, 0.25) is 0 Å². The van der Waals surface area contributed by atoms with Crippen molar-refractivity contribution in [3.8, 4) is 0 Å². The maximum Gasteiger partial charge on any atom is 0.355 e. The largest absolute Gasteiger partial charge is 0.452 e. The number of ether oxygens (including phenoxy) is 1. The maximum atomic E-state index is 12.3. The quantitative estimate of drug-likeness (QED) is 0.471. The summed E-state index contributed by atoms with van der Waals surface area (Å²) in [4.78, 5) is 27.2. The number of hydrogen-bond acceptors (Lipinski definition) is 5. The van der Waals surface area contributed by atoms with E-state index in [1.807, 2.05) is 0 Å². The molecule has 1 saturated heterocycles. The van der Waals surface area contributed by atoms with Crippen molar-refractivity contribution in [2.75, 3.05) is 0 Å². The number of esters is 1. The van der Waals surface area contributed by atoms with Crippen LogP contribution >= 0.6 is 0 Å². The fourth-order valence-electron chi connectivity index (χ4n) is 4.21. The molecule has 4 N–H and O–H groups in total. The van der Waals surface area contributed by atoms with E-state index in [1.165, 1.54) is 6.92 Å². The fraction of sp³-hybridized carbons (Fsp3) is 0.529. The van der Waals surface area contributed by atoms with Gasteiger partial charge in [-0.1, -0.05) is 6.08 Å². The molecule has 3 rings (SSSR count). The molecule has 1 amide bonds. The van der Waals surface area contributed by atoms with Crippen molar-refractivity contribution in [3.63, 3.8) is 0 Å². The molecule has 7 heteroatoms. The number of carbonyl (C=O) groups excluding carboxylic acids is 2. The van der Waals surface area contributed by atoms with Crippen LogP contribution in [0.1, 0.15) is 31.3 Å². The predicted molar refractivity (Wildman–Crippen MR) is 85.0 cm³/mol. The highest BCUT2D eigenvalue weighted by molar-refractivity contribution is 5.97. The molecular weight excluding hydrogens is 312 g/mol. The van der Waals surface area contributed by atoms with E-state index >= 15 is 0 Å². The van der Waals surface area contributed by atoms with Crippen molar-refractivity contribution in [1.29, 1.82) is 0 Å². The molecule has 0 spiro atoms. The molecule has 0 bridgehead atoms. The zero-order valence-corrected chi connectivity index (χ0v) is 13.8. The zero-order valence-electron chi connectivity index (χ0n) is 13.8. The Kier molecular flexibility index (Phi) is 4.01. The molecule has 24 heavy (non-hydrogen) atoms. The SMILES string of the molecule is C/C=C1/C(=O)N[C@H]2[C@H]1[C@H](C(C)O)[C@@](C)(O)[C@H]2OC(=O)c1ccc[nH]1. The number of allylic oxidation sites excluding steroid dienone is 1. The van der Waals surface area contributed by atoms with Gasteiger partial charge in [0.15, 0.2) is 6.10 Å². The van der Waals surface area contributed by atoms with Gasteiger partial charge >= 0.3 is 5.97 Å². The van der Waals surface area contributed by atoms with E-state index in [9.17, 15) is 19.8 Å². The average molecular weight is 334 g/mol. The van der Waals surface area contributed by atoms with Crippen LogP contribution in [0.25, 0.3) is 0 Å². The first-order valence-electron chi connectivity index (χ1n) is 8.01. The summed E-state index contributed by atoms with van der Waals surface area (Å²) in [5.41, 5.74) is -0.712. The number of aliphatic hydroxyl groups is 2. The number of H-pyrrole nitrogens is 1. The molecule has 0 radical (unpaired) electrons. The van der Waals surface area contributed by atoms with Gasteiger partial charge in [-0.05, 0) is 32.9 Å².